The van der Waals surface area contributed by atoms with E-state index in [1.807, 2.05) is 0 Å². The summed E-state index contributed by atoms with van der Waals surface area (Å²) in [6.07, 6.45) is 9.23. The molecule has 3 heterocycles. The highest BCUT2D eigenvalue weighted by molar-refractivity contribution is 5.96. The molecule has 0 bridgehead atoms. The predicted molar refractivity (Wildman–Crippen MR) is 123 cm³/mol. The molecular formula is C21H26N8O4. The second-order valence-electron chi connectivity index (χ2n) is 7.51. The summed E-state index contributed by atoms with van der Waals surface area (Å²) < 4.78 is 4.00. The number of carbonyl (C=O) groups excluding carboxylic acids is 4. The van der Waals surface area contributed by atoms with Gasteiger partial charge in [-0.3, -0.25) is 28.3 Å². The molecule has 0 aliphatic heterocycles. The lowest BCUT2D eigenvalue weighted by atomic mass is 10.4. The topological polar surface area (TPSA) is 145 Å². The molecule has 12 nitrogen and oxygen atoms in total. The molecule has 0 spiro atoms. The molecule has 4 N–H and O–H groups in total. The fourth-order valence-corrected chi connectivity index (χ4v) is 3.08. The first-order valence-electron chi connectivity index (χ1n) is 9.98. The average Bonchev–Trinajstić information content (AvgIpc) is 3.55. The van der Waals surface area contributed by atoms with Gasteiger partial charge in [0.2, 0.25) is 5.91 Å². The molecule has 0 radical (unpaired) electrons. The Bertz CT molecular complexity index is 1190. The maximum absolute atomic E-state index is 12.9. The van der Waals surface area contributed by atoms with Gasteiger partial charge in [-0.15, -0.1) is 0 Å². The zero-order valence-electron chi connectivity index (χ0n) is 18.6. The first kappa shape index (κ1) is 23.2. The van der Waals surface area contributed by atoms with Gasteiger partial charge in [-0.1, -0.05) is 0 Å². The fourth-order valence-electron chi connectivity index (χ4n) is 3.08. The summed E-state index contributed by atoms with van der Waals surface area (Å²) in [5, 5.41) is 0. The van der Waals surface area contributed by atoms with Gasteiger partial charge in [0.1, 0.15) is 0 Å². The number of primary amides is 1. The number of amides is 4. The maximum Gasteiger partial charge on any atom is 0.332 e. The average molecular weight is 454 g/mol. The molecule has 0 aromatic carbocycles. The number of hydrogen-bond donors (Lipinski definition) is 2. The number of nitrogens with two attached hydrogens (primary N) is 2. The molecule has 3 aromatic heterocycles. The quantitative estimate of drug-likeness (QED) is 0.602. The number of nitrogens with zero attached hydrogens (tertiary/aromatic N) is 6. The highest BCUT2D eigenvalue weighted by Gasteiger charge is 2.19. The van der Waals surface area contributed by atoms with Crippen LogP contribution in [0.25, 0.3) is 0 Å². The zero-order valence-corrected chi connectivity index (χ0v) is 18.6. The van der Waals surface area contributed by atoms with Gasteiger partial charge in [-0.25, -0.2) is 14.4 Å². The van der Waals surface area contributed by atoms with Crippen molar-refractivity contribution in [2.75, 3.05) is 43.2 Å². The van der Waals surface area contributed by atoms with Crippen molar-refractivity contribution < 1.29 is 19.2 Å². The molecule has 33 heavy (non-hydrogen) atoms. The van der Waals surface area contributed by atoms with Crippen LogP contribution in [0.3, 0.4) is 0 Å². The van der Waals surface area contributed by atoms with Gasteiger partial charge >= 0.3 is 18.1 Å². The molecule has 12 heteroatoms. The van der Waals surface area contributed by atoms with E-state index >= 15 is 0 Å². The van der Waals surface area contributed by atoms with E-state index in [0.717, 1.165) is 0 Å². The number of rotatable bonds is 5. The van der Waals surface area contributed by atoms with E-state index < -0.39 is 5.91 Å². The van der Waals surface area contributed by atoms with Gasteiger partial charge in [0.05, 0.1) is 11.4 Å². The smallest absolute Gasteiger partial charge is 0.332 e. The van der Waals surface area contributed by atoms with Crippen molar-refractivity contribution in [2.45, 2.75) is 6.42 Å². The molecule has 3 aromatic rings. The third-order valence-corrected chi connectivity index (χ3v) is 5.10. The summed E-state index contributed by atoms with van der Waals surface area (Å²) in [7, 11) is 4.72. The third kappa shape index (κ3) is 5.06. The van der Waals surface area contributed by atoms with Crippen LogP contribution in [-0.2, 0) is 4.79 Å². The van der Waals surface area contributed by atoms with Crippen molar-refractivity contribution in [3.63, 3.8) is 0 Å². The predicted octanol–water partition coefficient (Wildman–Crippen LogP) is 1.66. The first-order valence-corrected chi connectivity index (χ1v) is 9.98. The molecule has 0 saturated carbocycles. The van der Waals surface area contributed by atoms with E-state index in [0.29, 0.717) is 17.1 Å². The largest absolute Gasteiger partial charge is 0.397 e. The molecule has 0 unspecified atom stereocenters. The lowest BCUT2D eigenvalue weighted by Gasteiger charge is -2.18. The summed E-state index contributed by atoms with van der Waals surface area (Å²) >= 11 is 0. The van der Waals surface area contributed by atoms with Crippen LogP contribution in [0, 0.1) is 0 Å². The Balaban J connectivity index is 1.68. The molecule has 0 fully saturated rings. The third-order valence-electron chi connectivity index (χ3n) is 5.10. The lowest BCUT2D eigenvalue weighted by molar-refractivity contribution is -0.118. The summed E-state index contributed by atoms with van der Waals surface area (Å²) in [4.78, 5) is 53.0. The standard InChI is InChI=1S/C21H26N8O4/c1-24(8-7-18(23)30)19(31)28-10-5-16(13-28)26(3)21(33)29-11-6-17(14-29)25(2)20(32)27-9-4-15(22)12-27/h4-6,9-14H,7-8,22H2,1-3H3,(H2,23,30). The van der Waals surface area contributed by atoms with Crippen LogP contribution in [0.4, 0.5) is 31.4 Å². The Morgan fingerprint density at radius 3 is 1.67 bits per heavy atom. The van der Waals surface area contributed by atoms with Crippen LogP contribution < -0.4 is 21.3 Å². The Labute approximate surface area is 190 Å². The van der Waals surface area contributed by atoms with E-state index in [2.05, 4.69) is 0 Å². The minimum atomic E-state index is -0.496. The number of nitrogen functional groups attached to an aromatic ring is 1. The SMILES string of the molecule is CN(CCC(N)=O)C(=O)n1ccc(N(C)C(=O)n2ccc(N(C)C(=O)n3ccc(N)c3)c2)c1. The monoisotopic (exact) mass is 454 g/mol. The van der Waals surface area contributed by atoms with Crippen LogP contribution in [-0.4, -0.2) is 70.3 Å². The maximum atomic E-state index is 12.9. The molecule has 0 saturated heterocycles. The molecule has 0 aliphatic carbocycles. The van der Waals surface area contributed by atoms with Crippen molar-refractivity contribution in [3.05, 3.63) is 55.4 Å². The number of anilines is 3. The Morgan fingerprint density at radius 2 is 1.21 bits per heavy atom. The highest BCUT2D eigenvalue weighted by Crippen LogP contribution is 2.19. The second kappa shape index (κ2) is 9.34. The summed E-state index contributed by atoms with van der Waals surface area (Å²) in [6.45, 7) is 0.185. The molecule has 4 amide bonds. The fraction of sp³-hybridized carbons (Fsp3) is 0.238. The Kier molecular flexibility index (Phi) is 6.56. The van der Waals surface area contributed by atoms with E-state index in [1.54, 1.807) is 51.7 Å². The summed E-state index contributed by atoms with van der Waals surface area (Å²) in [5.41, 5.74) is 12.2. The summed E-state index contributed by atoms with van der Waals surface area (Å²) in [5.74, 6) is -0.496. The van der Waals surface area contributed by atoms with E-state index in [1.165, 1.54) is 53.2 Å². The van der Waals surface area contributed by atoms with E-state index in [4.69, 9.17) is 11.5 Å². The van der Waals surface area contributed by atoms with Gasteiger partial charge in [0, 0.05) is 77.0 Å². The molecular weight excluding hydrogens is 428 g/mol. The zero-order chi connectivity index (χ0) is 24.3. The minimum Gasteiger partial charge on any atom is -0.397 e. The van der Waals surface area contributed by atoms with Crippen LogP contribution in [0.1, 0.15) is 6.42 Å². The number of carbonyl (C=O) groups is 4. The number of aromatic nitrogens is 3. The minimum absolute atomic E-state index is 0.0549. The molecule has 174 valence electrons. The van der Waals surface area contributed by atoms with Gasteiger partial charge in [0.15, 0.2) is 0 Å². The Hall–Kier alpha value is -4.48. The normalized spacial score (nSPS) is 10.6. The van der Waals surface area contributed by atoms with Crippen molar-refractivity contribution in [1.29, 1.82) is 0 Å². The van der Waals surface area contributed by atoms with Gasteiger partial charge in [0.25, 0.3) is 0 Å². The van der Waals surface area contributed by atoms with E-state index in [-0.39, 0.29) is 31.1 Å². The van der Waals surface area contributed by atoms with Crippen molar-refractivity contribution in [2.24, 2.45) is 5.73 Å². The summed E-state index contributed by atoms with van der Waals surface area (Å²) in [6, 6.07) is 3.79. The van der Waals surface area contributed by atoms with Crippen molar-refractivity contribution >= 4 is 41.1 Å². The van der Waals surface area contributed by atoms with Crippen LogP contribution in [0.2, 0.25) is 0 Å². The lowest BCUT2D eigenvalue weighted by Crippen LogP contribution is -2.33. The highest BCUT2D eigenvalue weighted by atomic mass is 16.2. The van der Waals surface area contributed by atoms with Crippen LogP contribution in [0.5, 0.6) is 0 Å². The van der Waals surface area contributed by atoms with Crippen LogP contribution >= 0.6 is 0 Å². The second-order valence-corrected chi connectivity index (χ2v) is 7.51. The number of hydrogen-bond acceptors (Lipinski definition) is 5. The molecule has 3 rings (SSSR count). The Morgan fingerprint density at radius 1 is 0.758 bits per heavy atom. The molecule has 0 atom stereocenters. The van der Waals surface area contributed by atoms with Crippen molar-refractivity contribution in [3.8, 4) is 0 Å². The molecule has 0 aliphatic rings. The van der Waals surface area contributed by atoms with E-state index in [9.17, 15) is 19.2 Å². The van der Waals surface area contributed by atoms with Crippen LogP contribution in [0.15, 0.2) is 55.4 Å². The van der Waals surface area contributed by atoms with Gasteiger partial charge < -0.3 is 16.4 Å². The first-order chi connectivity index (χ1) is 15.6. The van der Waals surface area contributed by atoms with Crippen molar-refractivity contribution in [1.82, 2.24) is 18.6 Å². The van der Waals surface area contributed by atoms with Gasteiger partial charge in [-0.05, 0) is 18.2 Å². The van der Waals surface area contributed by atoms with Gasteiger partial charge in [-0.2, -0.15) is 0 Å².